The van der Waals surface area contributed by atoms with Crippen molar-refractivity contribution in [1.82, 2.24) is 10.2 Å². The highest BCUT2D eigenvalue weighted by Crippen LogP contribution is 2.42. The summed E-state index contributed by atoms with van der Waals surface area (Å²) in [6.07, 6.45) is 6.44. The number of carbonyl (C=O) groups excluding carboxylic acids is 1. The number of rotatable bonds is 4. The van der Waals surface area contributed by atoms with Crippen molar-refractivity contribution in [2.24, 2.45) is 11.3 Å². The molecule has 94 valence electrons. The summed E-state index contributed by atoms with van der Waals surface area (Å²) in [5, 5.41) is 3.06. The predicted molar refractivity (Wildman–Crippen MR) is 67.4 cm³/mol. The normalized spacial score (nSPS) is 18.8. The van der Waals surface area contributed by atoms with Gasteiger partial charge in [-0.2, -0.15) is 0 Å². The predicted octanol–water partition coefficient (Wildman–Crippen LogP) is 2.86. The highest BCUT2D eigenvalue weighted by Gasteiger charge is 2.34. The summed E-state index contributed by atoms with van der Waals surface area (Å²) in [7, 11) is 3.58. The van der Waals surface area contributed by atoms with Gasteiger partial charge >= 0.3 is 6.03 Å². The second-order valence-corrected chi connectivity index (χ2v) is 5.86. The van der Waals surface area contributed by atoms with E-state index in [4.69, 9.17) is 0 Å². The molecule has 0 unspecified atom stereocenters. The first-order valence-electron chi connectivity index (χ1n) is 6.40. The van der Waals surface area contributed by atoms with Gasteiger partial charge in [0.2, 0.25) is 0 Å². The van der Waals surface area contributed by atoms with E-state index < -0.39 is 0 Å². The van der Waals surface area contributed by atoms with Gasteiger partial charge in [0.25, 0.3) is 0 Å². The second kappa shape index (κ2) is 5.55. The molecule has 3 nitrogen and oxygen atoms in total. The molecule has 1 saturated carbocycles. The standard InChI is InChI=1S/C13H26N2O/c1-11(2)9-13(7-5-6-8-13)10-14-12(16)15(3)4/h11H,5-10H2,1-4H3,(H,14,16). The quantitative estimate of drug-likeness (QED) is 0.785. The number of urea groups is 1. The summed E-state index contributed by atoms with van der Waals surface area (Å²) in [5.74, 6) is 0.717. The minimum atomic E-state index is 0.0371. The maximum Gasteiger partial charge on any atom is 0.316 e. The number of amides is 2. The summed E-state index contributed by atoms with van der Waals surface area (Å²) in [6.45, 7) is 5.39. The smallest absolute Gasteiger partial charge is 0.316 e. The van der Waals surface area contributed by atoms with Crippen LogP contribution in [0.3, 0.4) is 0 Å². The van der Waals surface area contributed by atoms with Gasteiger partial charge in [0.15, 0.2) is 0 Å². The van der Waals surface area contributed by atoms with Crippen LogP contribution in [0.25, 0.3) is 0 Å². The lowest BCUT2D eigenvalue weighted by atomic mass is 9.78. The van der Waals surface area contributed by atoms with E-state index in [0.29, 0.717) is 11.3 Å². The maximum absolute atomic E-state index is 11.5. The molecule has 0 heterocycles. The van der Waals surface area contributed by atoms with Gasteiger partial charge < -0.3 is 10.2 Å². The third kappa shape index (κ3) is 3.69. The van der Waals surface area contributed by atoms with Crippen molar-refractivity contribution in [3.63, 3.8) is 0 Å². The van der Waals surface area contributed by atoms with E-state index in [1.807, 2.05) is 0 Å². The Hall–Kier alpha value is -0.730. The fourth-order valence-electron chi connectivity index (χ4n) is 2.87. The van der Waals surface area contributed by atoms with Crippen molar-refractivity contribution in [1.29, 1.82) is 0 Å². The van der Waals surface area contributed by atoms with Gasteiger partial charge in [0, 0.05) is 20.6 Å². The molecule has 1 fully saturated rings. The first kappa shape index (κ1) is 13.3. The molecular formula is C13H26N2O. The van der Waals surface area contributed by atoms with Crippen LogP contribution in [0.1, 0.15) is 46.0 Å². The molecule has 1 aliphatic carbocycles. The van der Waals surface area contributed by atoms with Crippen LogP contribution < -0.4 is 5.32 Å². The molecule has 16 heavy (non-hydrogen) atoms. The van der Waals surface area contributed by atoms with Gasteiger partial charge in [-0.25, -0.2) is 4.79 Å². The molecule has 0 radical (unpaired) electrons. The van der Waals surface area contributed by atoms with Gasteiger partial charge in [-0.3, -0.25) is 0 Å². The van der Waals surface area contributed by atoms with Gasteiger partial charge in [-0.05, 0) is 30.6 Å². The minimum absolute atomic E-state index is 0.0371. The van der Waals surface area contributed by atoms with E-state index >= 15 is 0 Å². The Labute approximate surface area is 99.6 Å². The number of hydrogen-bond donors (Lipinski definition) is 1. The molecule has 0 aliphatic heterocycles. The van der Waals surface area contributed by atoms with E-state index in [1.54, 1.807) is 19.0 Å². The van der Waals surface area contributed by atoms with Crippen LogP contribution in [0, 0.1) is 11.3 Å². The highest BCUT2D eigenvalue weighted by atomic mass is 16.2. The Balaban J connectivity index is 2.48. The summed E-state index contributed by atoms with van der Waals surface area (Å²) in [4.78, 5) is 13.2. The Kier molecular flexibility index (Phi) is 4.63. The molecule has 0 saturated heterocycles. The Morgan fingerprint density at radius 2 is 1.88 bits per heavy atom. The third-order valence-corrected chi connectivity index (χ3v) is 3.53. The van der Waals surface area contributed by atoms with Crippen molar-refractivity contribution >= 4 is 6.03 Å². The Morgan fingerprint density at radius 3 is 2.31 bits per heavy atom. The average molecular weight is 226 g/mol. The SMILES string of the molecule is CC(C)CC1(CNC(=O)N(C)C)CCCC1. The summed E-state index contributed by atoms with van der Waals surface area (Å²) in [6, 6.07) is 0.0371. The molecule has 0 bridgehead atoms. The Morgan fingerprint density at radius 1 is 1.31 bits per heavy atom. The molecule has 0 atom stereocenters. The Bertz CT molecular complexity index is 230. The second-order valence-electron chi connectivity index (χ2n) is 5.86. The van der Waals surface area contributed by atoms with Crippen molar-refractivity contribution in [2.75, 3.05) is 20.6 Å². The van der Waals surface area contributed by atoms with E-state index in [2.05, 4.69) is 19.2 Å². The first-order valence-corrected chi connectivity index (χ1v) is 6.40. The van der Waals surface area contributed by atoms with Crippen molar-refractivity contribution in [3.05, 3.63) is 0 Å². The lowest BCUT2D eigenvalue weighted by Crippen LogP contribution is -2.41. The molecular weight excluding hydrogens is 200 g/mol. The topological polar surface area (TPSA) is 32.3 Å². The largest absolute Gasteiger partial charge is 0.337 e. The number of nitrogens with zero attached hydrogens (tertiary/aromatic N) is 1. The summed E-state index contributed by atoms with van der Waals surface area (Å²) < 4.78 is 0. The zero-order valence-electron chi connectivity index (χ0n) is 11.2. The van der Waals surface area contributed by atoms with E-state index in [0.717, 1.165) is 6.54 Å². The maximum atomic E-state index is 11.5. The monoisotopic (exact) mass is 226 g/mol. The molecule has 0 aromatic heterocycles. The minimum Gasteiger partial charge on any atom is -0.337 e. The molecule has 0 aromatic rings. The van der Waals surface area contributed by atoms with Crippen LogP contribution in [-0.4, -0.2) is 31.6 Å². The molecule has 0 aromatic carbocycles. The molecule has 2 amide bonds. The summed E-state index contributed by atoms with van der Waals surface area (Å²) in [5.41, 5.74) is 0.375. The fraction of sp³-hybridized carbons (Fsp3) is 0.923. The van der Waals surface area contributed by atoms with Gasteiger partial charge in [0.05, 0.1) is 0 Å². The highest BCUT2D eigenvalue weighted by molar-refractivity contribution is 5.73. The van der Waals surface area contributed by atoms with Crippen LogP contribution in [0.4, 0.5) is 4.79 Å². The van der Waals surface area contributed by atoms with Crippen molar-refractivity contribution in [3.8, 4) is 0 Å². The van der Waals surface area contributed by atoms with Crippen LogP contribution >= 0.6 is 0 Å². The lowest BCUT2D eigenvalue weighted by Gasteiger charge is -2.31. The molecule has 3 heteroatoms. The van der Waals surface area contributed by atoms with Gasteiger partial charge in [0.1, 0.15) is 0 Å². The third-order valence-electron chi connectivity index (χ3n) is 3.53. The number of nitrogens with one attached hydrogen (secondary N) is 1. The van der Waals surface area contributed by atoms with Gasteiger partial charge in [-0.1, -0.05) is 26.7 Å². The number of carbonyl (C=O) groups is 1. The van der Waals surface area contributed by atoms with E-state index in [1.165, 1.54) is 32.1 Å². The van der Waals surface area contributed by atoms with Crippen molar-refractivity contribution in [2.45, 2.75) is 46.0 Å². The van der Waals surface area contributed by atoms with Crippen LogP contribution in [0.15, 0.2) is 0 Å². The fourth-order valence-corrected chi connectivity index (χ4v) is 2.87. The molecule has 1 N–H and O–H groups in total. The van der Waals surface area contributed by atoms with Crippen molar-refractivity contribution < 1.29 is 4.79 Å². The first-order chi connectivity index (χ1) is 7.45. The molecule has 1 rings (SSSR count). The van der Waals surface area contributed by atoms with Gasteiger partial charge in [-0.15, -0.1) is 0 Å². The van der Waals surface area contributed by atoms with E-state index in [9.17, 15) is 4.79 Å². The average Bonchev–Trinajstić information content (AvgIpc) is 2.62. The van der Waals surface area contributed by atoms with Crippen LogP contribution in [0.2, 0.25) is 0 Å². The zero-order chi connectivity index (χ0) is 12.2. The van der Waals surface area contributed by atoms with Crippen LogP contribution in [0.5, 0.6) is 0 Å². The summed E-state index contributed by atoms with van der Waals surface area (Å²) >= 11 is 0. The zero-order valence-corrected chi connectivity index (χ0v) is 11.2. The van der Waals surface area contributed by atoms with Crippen LogP contribution in [-0.2, 0) is 0 Å². The molecule has 0 spiro atoms. The molecule has 1 aliphatic rings. The van der Waals surface area contributed by atoms with E-state index in [-0.39, 0.29) is 6.03 Å². The number of hydrogen-bond acceptors (Lipinski definition) is 1. The lowest BCUT2D eigenvalue weighted by molar-refractivity contribution is 0.193.